The molecule has 5 heteroatoms. The molecule has 0 amide bonds. The first-order valence-electron chi connectivity index (χ1n) is 0.651. The van der Waals surface area contributed by atoms with E-state index >= 15 is 0 Å². The molecule has 0 N–H and O–H groups in total. The third-order valence-electron chi connectivity index (χ3n) is 0. The Hall–Kier alpha value is -0.267. The standard InChI is InChI=1S/2CN.CO.Fe.Ni/c3*1-2;;/q2*-1;;+3;. The van der Waals surface area contributed by atoms with Crippen LogP contribution in [0.25, 0.3) is 0 Å². The van der Waals surface area contributed by atoms with E-state index < -0.39 is 0 Å². The molecule has 0 fully saturated rings. The first-order chi connectivity index (χ1) is 3.00. The maximum absolute atomic E-state index is 7.50. The van der Waals surface area contributed by atoms with Crippen molar-refractivity contribution in [2.45, 2.75) is 0 Å². The molecule has 0 aromatic heterocycles. The van der Waals surface area contributed by atoms with Crippen LogP contribution >= 0.6 is 0 Å². The summed E-state index contributed by atoms with van der Waals surface area (Å²) in [4.78, 5) is 0. The zero-order valence-corrected chi connectivity index (χ0v) is 5.56. The molecule has 0 aliphatic rings. The number of hydrogen-bond acceptors (Lipinski definition) is 2. The molecule has 0 aliphatic carbocycles. The van der Waals surface area contributed by atoms with E-state index in [0.717, 1.165) is 0 Å². The Morgan fingerprint density at radius 3 is 0.875 bits per heavy atom. The Balaban J connectivity index is -0.00000000500. The first-order valence-corrected chi connectivity index (χ1v) is 0.651. The molecule has 0 rings (SSSR count). The Labute approximate surface area is 68.8 Å². The third kappa shape index (κ3) is 1800. The molecular formula is C3FeN2NiO+. The second-order valence-corrected chi connectivity index (χ2v) is 0. The predicted octanol–water partition coefficient (Wildman–Crippen LogP) is 0.150. The molecule has 0 aromatic carbocycles. The van der Waals surface area contributed by atoms with Gasteiger partial charge in [-0.1, -0.05) is 0 Å². The van der Waals surface area contributed by atoms with E-state index in [-0.39, 0.29) is 33.6 Å². The van der Waals surface area contributed by atoms with Crippen LogP contribution in [-0.4, -0.2) is 0 Å². The maximum atomic E-state index is 7.50. The van der Waals surface area contributed by atoms with Crippen LogP contribution in [0.1, 0.15) is 0 Å². The zero-order chi connectivity index (χ0) is 6.00. The van der Waals surface area contributed by atoms with Crippen molar-refractivity contribution >= 4 is 0 Å². The summed E-state index contributed by atoms with van der Waals surface area (Å²) in [6.45, 7) is 14.0. The molecule has 0 bridgehead atoms. The average molecular weight is 195 g/mol. The molecule has 0 atom stereocenters. The fraction of sp³-hybridized carbons (Fsp3) is 0. The van der Waals surface area contributed by atoms with Crippen molar-refractivity contribution in [3.8, 4) is 0 Å². The van der Waals surface area contributed by atoms with E-state index in [1.165, 1.54) is 0 Å². The number of nitrogens with zero attached hydrogens (tertiary/aromatic N) is 2. The SMILES string of the molecule is [C-]#N.[C-]#N.[C-]#[O+].[Fe+3].[Ni]. The fourth-order valence-electron chi connectivity index (χ4n) is 0. The van der Waals surface area contributed by atoms with E-state index in [0.29, 0.717) is 0 Å². The van der Waals surface area contributed by atoms with Gasteiger partial charge in [-0.3, -0.25) is 0 Å². The van der Waals surface area contributed by atoms with Gasteiger partial charge in [0.2, 0.25) is 0 Å². The molecule has 0 saturated carbocycles. The van der Waals surface area contributed by atoms with Gasteiger partial charge in [0, 0.05) is 16.5 Å². The topological polar surface area (TPSA) is 67.5 Å². The Morgan fingerprint density at radius 2 is 0.875 bits per heavy atom. The Bertz CT molecular complexity index is 45.8. The van der Waals surface area contributed by atoms with E-state index in [1.54, 1.807) is 0 Å². The van der Waals surface area contributed by atoms with Gasteiger partial charge >= 0.3 is 28.4 Å². The molecule has 8 heavy (non-hydrogen) atoms. The van der Waals surface area contributed by atoms with Crippen LogP contribution in [0.4, 0.5) is 0 Å². The van der Waals surface area contributed by atoms with Gasteiger partial charge in [-0.2, -0.15) is 0 Å². The minimum Gasteiger partial charge on any atom is 0 e. The maximum Gasteiger partial charge on any atom is 3.00 e. The number of rotatable bonds is 0. The minimum absolute atomic E-state index is 0. The summed E-state index contributed by atoms with van der Waals surface area (Å²) in [7, 11) is 0. The summed E-state index contributed by atoms with van der Waals surface area (Å²) in [5.41, 5.74) is 0. The second-order valence-electron chi connectivity index (χ2n) is 0. The quantitative estimate of drug-likeness (QED) is 0.313. The summed E-state index contributed by atoms with van der Waals surface area (Å²) in [5.74, 6) is 0. The predicted molar refractivity (Wildman–Crippen MR) is 13.9 cm³/mol. The summed E-state index contributed by atoms with van der Waals surface area (Å²) in [6, 6.07) is 0. The average Bonchev–Trinajstić information content (AvgIpc) is 1.81. The van der Waals surface area contributed by atoms with Crippen LogP contribution in [0.2, 0.25) is 0 Å². The van der Waals surface area contributed by atoms with Crippen molar-refractivity contribution in [3.63, 3.8) is 0 Å². The Kier molecular flexibility index (Phi) is 18200. The third-order valence-corrected chi connectivity index (χ3v) is 0. The van der Waals surface area contributed by atoms with Gasteiger partial charge < -0.3 is 23.7 Å². The summed E-state index contributed by atoms with van der Waals surface area (Å²) in [6.07, 6.45) is 0. The molecule has 0 aliphatic heterocycles. The smallest absolute Gasteiger partial charge is 0 e. The molecule has 3 nitrogen and oxygen atoms in total. The molecular weight excluding hydrogens is 195 g/mol. The second kappa shape index (κ2) is 3100. The van der Waals surface area contributed by atoms with Gasteiger partial charge in [-0.05, 0) is 0 Å². The molecule has 0 unspecified atom stereocenters. The van der Waals surface area contributed by atoms with Crippen LogP contribution in [0.3, 0.4) is 0 Å². The molecule has 0 aromatic rings. The van der Waals surface area contributed by atoms with Crippen molar-refractivity contribution in [2.24, 2.45) is 0 Å². The van der Waals surface area contributed by atoms with Crippen LogP contribution in [-0.2, 0) is 38.2 Å². The van der Waals surface area contributed by atoms with Crippen molar-refractivity contribution < 1.29 is 38.2 Å². The van der Waals surface area contributed by atoms with Crippen molar-refractivity contribution in [1.29, 1.82) is 10.5 Å². The monoisotopic (exact) mass is 194 g/mol. The van der Waals surface area contributed by atoms with Crippen molar-refractivity contribution in [1.82, 2.24) is 0 Å². The van der Waals surface area contributed by atoms with Crippen LogP contribution in [0.5, 0.6) is 0 Å². The van der Waals surface area contributed by atoms with Gasteiger partial charge in [0.1, 0.15) is 0 Å². The van der Waals surface area contributed by atoms with Crippen LogP contribution in [0, 0.1) is 30.3 Å². The molecule has 0 spiro atoms. The fourth-order valence-corrected chi connectivity index (χ4v) is 0. The van der Waals surface area contributed by atoms with E-state index in [2.05, 4.69) is 6.65 Å². The van der Waals surface area contributed by atoms with Gasteiger partial charge in [0.05, 0.1) is 0 Å². The van der Waals surface area contributed by atoms with Gasteiger partial charge in [0.15, 0.2) is 0 Å². The normalized spacial score (nSPS) is 0.750. The van der Waals surface area contributed by atoms with E-state index in [9.17, 15) is 0 Å². The van der Waals surface area contributed by atoms with Crippen molar-refractivity contribution in [3.05, 3.63) is 19.8 Å². The molecule has 1 radical (unpaired) electrons. The minimum atomic E-state index is 0. The van der Waals surface area contributed by atoms with Crippen molar-refractivity contribution in [2.75, 3.05) is 0 Å². The van der Waals surface area contributed by atoms with Gasteiger partial charge in [-0.15, -0.1) is 0 Å². The van der Waals surface area contributed by atoms with Crippen LogP contribution in [0.15, 0.2) is 0 Å². The Morgan fingerprint density at radius 1 is 0.875 bits per heavy atom. The van der Waals surface area contributed by atoms with E-state index in [4.69, 9.17) is 28.3 Å². The van der Waals surface area contributed by atoms with Gasteiger partial charge in [-0.25, -0.2) is 0 Å². The molecule has 0 saturated heterocycles. The van der Waals surface area contributed by atoms with Crippen LogP contribution < -0.4 is 0 Å². The first kappa shape index (κ1) is 46.9. The number of hydrogen-bond donors (Lipinski definition) is 0. The summed E-state index contributed by atoms with van der Waals surface area (Å²) in [5, 5.41) is 12.5. The summed E-state index contributed by atoms with van der Waals surface area (Å²) < 4.78 is 7.50. The van der Waals surface area contributed by atoms with Gasteiger partial charge in [0.25, 0.3) is 0 Å². The largest absolute Gasteiger partial charge is 3.00 e. The zero-order valence-electron chi connectivity index (χ0n) is 3.47. The summed E-state index contributed by atoms with van der Waals surface area (Å²) >= 11 is 0. The molecule has 0 heterocycles. The van der Waals surface area contributed by atoms with E-state index in [1.807, 2.05) is 0 Å². The molecule has 45 valence electrons.